The Labute approximate surface area is 168 Å². The van der Waals surface area contributed by atoms with Crippen molar-refractivity contribution >= 4 is 28.3 Å². The summed E-state index contributed by atoms with van der Waals surface area (Å²) in [5.74, 6) is 0.0383. The van der Waals surface area contributed by atoms with Crippen molar-refractivity contribution in [3.63, 3.8) is 0 Å². The monoisotopic (exact) mass is 419 g/mol. The van der Waals surface area contributed by atoms with Crippen molar-refractivity contribution in [1.82, 2.24) is 14.9 Å². The van der Waals surface area contributed by atoms with Gasteiger partial charge in [0.1, 0.15) is 5.75 Å². The average molecular weight is 420 g/mol. The number of halogens is 1. The second-order valence-corrected chi connectivity index (χ2v) is 8.35. The molecule has 0 aliphatic carbocycles. The van der Waals surface area contributed by atoms with Gasteiger partial charge in [-0.05, 0) is 44.5 Å². The molecular formula is C18H30ClN3O4S. The highest BCUT2D eigenvalue weighted by Gasteiger charge is 2.27. The van der Waals surface area contributed by atoms with Gasteiger partial charge in [-0.2, -0.15) is 4.31 Å². The number of amides is 1. The van der Waals surface area contributed by atoms with Crippen LogP contribution in [0.5, 0.6) is 5.75 Å². The van der Waals surface area contributed by atoms with Gasteiger partial charge in [0.25, 0.3) is 5.91 Å². The molecule has 1 aliphatic heterocycles. The minimum absolute atomic E-state index is 0. The first kappa shape index (κ1) is 23.7. The Kier molecular flexibility index (Phi) is 9.01. The van der Waals surface area contributed by atoms with Gasteiger partial charge in [-0.25, -0.2) is 8.42 Å². The van der Waals surface area contributed by atoms with E-state index in [1.54, 1.807) is 13.8 Å². The zero-order chi connectivity index (χ0) is 19.3. The number of nitrogens with zero attached hydrogens (tertiary/aromatic N) is 1. The number of hydrogen-bond acceptors (Lipinski definition) is 5. The van der Waals surface area contributed by atoms with Crippen molar-refractivity contribution in [1.29, 1.82) is 0 Å². The highest BCUT2D eigenvalue weighted by molar-refractivity contribution is 7.89. The quantitative estimate of drug-likeness (QED) is 0.705. The Morgan fingerprint density at radius 3 is 2.56 bits per heavy atom. The molecule has 1 aliphatic rings. The Hall–Kier alpha value is -1.35. The number of piperidine rings is 1. The third-order valence-corrected chi connectivity index (χ3v) is 6.88. The van der Waals surface area contributed by atoms with Gasteiger partial charge in [0, 0.05) is 25.2 Å². The third kappa shape index (κ3) is 5.34. The van der Waals surface area contributed by atoms with E-state index in [0.717, 1.165) is 19.4 Å². The van der Waals surface area contributed by atoms with E-state index in [4.69, 9.17) is 4.74 Å². The summed E-state index contributed by atoms with van der Waals surface area (Å²) >= 11 is 0. The van der Waals surface area contributed by atoms with Gasteiger partial charge in [-0.3, -0.25) is 4.79 Å². The van der Waals surface area contributed by atoms with Gasteiger partial charge in [-0.15, -0.1) is 12.4 Å². The van der Waals surface area contributed by atoms with Crippen LogP contribution in [-0.2, 0) is 10.0 Å². The molecule has 2 atom stereocenters. The van der Waals surface area contributed by atoms with Crippen LogP contribution in [0.2, 0.25) is 0 Å². The lowest BCUT2D eigenvalue weighted by molar-refractivity contribution is 0.0916. The molecule has 9 heteroatoms. The van der Waals surface area contributed by atoms with Crippen LogP contribution in [0.25, 0.3) is 0 Å². The van der Waals surface area contributed by atoms with Crippen molar-refractivity contribution in [3.8, 4) is 5.75 Å². The van der Waals surface area contributed by atoms with Crippen LogP contribution in [-0.4, -0.2) is 57.5 Å². The number of benzene rings is 1. The highest BCUT2D eigenvalue weighted by atomic mass is 35.5. The fraction of sp³-hybridized carbons (Fsp3) is 0.611. The number of carbonyl (C=O) groups is 1. The van der Waals surface area contributed by atoms with Crippen LogP contribution in [0.4, 0.5) is 0 Å². The zero-order valence-electron chi connectivity index (χ0n) is 16.3. The van der Waals surface area contributed by atoms with E-state index >= 15 is 0 Å². The van der Waals surface area contributed by atoms with Gasteiger partial charge in [-0.1, -0.05) is 13.8 Å². The number of sulfonamides is 1. The van der Waals surface area contributed by atoms with Crippen LogP contribution in [0.3, 0.4) is 0 Å². The van der Waals surface area contributed by atoms with E-state index in [2.05, 4.69) is 10.6 Å². The molecule has 0 bridgehead atoms. The number of hydrogen-bond donors (Lipinski definition) is 2. The van der Waals surface area contributed by atoms with Crippen LogP contribution in [0, 0.1) is 0 Å². The van der Waals surface area contributed by atoms with Gasteiger partial charge in [0.15, 0.2) is 0 Å². The van der Waals surface area contributed by atoms with Crippen molar-refractivity contribution in [2.75, 3.05) is 26.7 Å². The molecule has 0 aromatic heterocycles. The zero-order valence-corrected chi connectivity index (χ0v) is 18.0. The first-order valence-corrected chi connectivity index (χ1v) is 10.5. The third-order valence-electron chi connectivity index (χ3n) is 4.84. The molecule has 1 saturated heterocycles. The lowest BCUT2D eigenvalue weighted by Crippen LogP contribution is -2.51. The van der Waals surface area contributed by atoms with E-state index < -0.39 is 10.0 Å². The van der Waals surface area contributed by atoms with Gasteiger partial charge >= 0.3 is 0 Å². The largest absolute Gasteiger partial charge is 0.496 e. The maximum absolute atomic E-state index is 12.8. The number of methoxy groups -OCH3 is 1. The van der Waals surface area contributed by atoms with Crippen molar-refractivity contribution < 1.29 is 17.9 Å². The first-order valence-electron chi connectivity index (χ1n) is 9.07. The molecule has 2 N–H and O–H groups in total. The van der Waals surface area contributed by atoms with Crippen LogP contribution >= 0.6 is 12.4 Å². The second-order valence-electron chi connectivity index (χ2n) is 6.42. The summed E-state index contributed by atoms with van der Waals surface area (Å²) in [6, 6.07) is 4.59. The second kappa shape index (κ2) is 10.3. The van der Waals surface area contributed by atoms with Crippen molar-refractivity contribution in [2.45, 2.75) is 50.6 Å². The molecule has 1 aromatic carbocycles. The Morgan fingerprint density at radius 2 is 2.00 bits per heavy atom. The molecule has 7 nitrogen and oxygen atoms in total. The molecule has 27 heavy (non-hydrogen) atoms. The lowest BCUT2D eigenvalue weighted by Gasteiger charge is -2.30. The summed E-state index contributed by atoms with van der Waals surface area (Å²) < 4.78 is 32.2. The fourth-order valence-electron chi connectivity index (χ4n) is 3.22. The molecule has 1 aromatic rings. The van der Waals surface area contributed by atoms with E-state index in [1.165, 1.54) is 29.6 Å². The maximum Gasteiger partial charge on any atom is 0.255 e. The number of ether oxygens (including phenoxy) is 1. The van der Waals surface area contributed by atoms with E-state index in [-0.39, 0.29) is 40.9 Å². The van der Waals surface area contributed by atoms with E-state index in [9.17, 15) is 13.2 Å². The number of carbonyl (C=O) groups excluding carboxylic acids is 1. The summed E-state index contributed by atoms with van der Waals surface area (Å²) in [4.78, 5) is 12.9. The molecule has 2 rings (SSSR count). The summed E-state index contributed by atoms with van der Waals surface area (Å²) in [5.41, 5.74) is 0.235. The predicted octanol–water partition coefficient (Wildman–Crippen LogP) is 2.02. The Bertz CT molecular complexity index is 738. The first-order chi connectivity index (χ1) is 12.3. The number of rotatable bonds is 7. The van der Waals surface area contributed by atoms with Gasteiger partial charge < -0.3 is 15.4 Å². The average Bonchev–Trinajstić information content (AvgIpc) is 2.63. The van der Waals surface area contributed by atoms with Crippen LogP contribution in [0.1, 0.15) is 44.0 Å². The number of nitrogens with one attached hydrogen (secondary N) is 2. The highest BCUT2D eigenvalue weighted by Crippen LogP contribution is 2.25. The summed E-state index contributed by atoms with van der Waals surface area (Å²) in [6.07, 6.45) is 1.88. The Balaban J connectivity index is 0.00000364. The van der Waals surface area contributed by atoms with Crippen molar-refractivity contribution in [3.05, 3.63) is 23.8 Å². The molecule has 1 amide bonds. The van der Waals surface area contributed by atoms with E-state index in [0.29, 0.717) is 18.8 Å². The molecule has 0 spiro atoms. The molecule has 1 heterocycles. The summed E-state index contributed by atoms with van der Waals surface area (Å²) in [7, 11) is -2.17. The minimum Gasteiger partial charge on any atom is -0.496 e. The minimum atomic E-state index is -3.64. The molecule has 0 saturated carbocycles. The predicted molar refractivity (Wildman–Crippen MR) is 108 cm³/mol. The van der Waals surface area contributed by atoms with E-state index in [1.807, 2.05) is 6.92 Å². The maximum atomic E-state index is 12.8. The molecule has 2 unspecified atom stereocenters. The molecule has 154 valence electrons. The SMILES string of the molecule is CCN(CC)S(=O)(=O)c1ccc(OC)c(C(=O)NC2CCCNC2C)c1.Cl. The van der Waals surface area contributed by atoms with Gasteiger partial charge in [0.2, 0.25) is 10.0 Å². The van der Waals surface area contributed by atoms with Crippen LogP contribution in [0.15, 0.2) is 23.1 Å². The topological polar surface area (TPSA) is 87.7 Å². The normalized spacial score (nSPS) is 20.0. The summed E-state index contributed by atoms with van der Waals surface area (Å²) in [5, 5.41) is 6.34. The molecule has 0 radical (unpaired) electrons. The fourth-order valence-corrected chi connectivity index (χ4v) is 4.71. The lowest BCUT2D eigenvalue weighted by atomic mass is 9.99. The standard InChI is InChI=1S/C18H29N3O4S.ClH/c1-5-21(6-2)26(23,24)14-9-10-17(25-4)15(12-14)18(22)20-16-8-7-11-19-13(16)3;/h9-10,12-13,16,19H,5-8,11H2,1-4H3,(H,20,22);1H. The van der Waals surface area contributed by atoms with Crippen LogP contribution < -0.4 is 15.4 Å². The molecule has 1 fully saturated rings. The van der Waals surface area contributed by atoms with Gasteiger partial charge in [0.05, 0.1) is 17.6 Å². The van der Waals surface area contributed by atoms with Crippen molar-refractivity contribution in [2.24, 2.45) is 0 Å². The molecular weight excluding hydrogens is 390 g/mol. The summed E-state index contributed by atoms with van der Waals surface area (Å²) in [6.45, 7) is 7.29. The smallest absolute Gasteiger partial charge is 0.255 e. The Morgan fingerprint density at radius 1 is 1.33 bits per heavy atom.